The van der Waals surface area contributed by atoms with Crippen molar-refractivity contribution >= 4 is 12.0 Å². The molecule has 0 bridgehead atoms. The molecular formula is C26H33N5O3. The number of para-hydroxylation sites is 1. The zero-order chi connectivity index (χ0) is 24.3. The number of carbonyl (C=O) groups is 2. The highest BCUT2D eigenvalue weighted by atomic mass is 16.6. The summed E-state index contributed by atoms with van der Waals surface area (Å²) >= 11 is 0. The van der Waals surface area contributed by atoms with Crippen LogP contribution in [0.4, 0.5) is 4.79 Å². The summed E-state index contributed by atoms with van der Waals surface area (Å²) in [5, 5.41) is 4.45. The van der Waals surface area contributed by atoms with Gasteiger partial charge in [-0.1, -0.05) is 25.1 Å². The second-order valence-corrected chi connectivity index (χ2v) is 9.66. The minimum atomic E-state index is -0.539. The monoisotopic (exact) mass is 463 g/mol. The molecule has 1 aliphatic heterocycles. The lowest BCUT2D eigenvalue weighted by atomic mass is 10.2. The van der Waals surface area contributed by atoms with Crippen molar-refractivity contribution in [3.8, 4) is 16.9 Å². The number of amides is 2. The fraction of sp³-hybridized carbons (Fsp3) is 0.423. The largest absolute Gasteiger partial charge is 0.444 e. The molecule has 0 saturated carbocycles. The van der Waals surface area contributed by atoms with Crippen molar-refractivity contribution in [1.82, 2.24) is 24.6 Å². The Bertz CT molecular complexity index is 1130. The van der Waals surface area contributed by atoms with Crippen molar-refractivity contribution in [2.24, 2.45) is 0 Å². The molecule has 1 atom stereocenters. The number of hydrogen-bond acceptors (Lipinski definition) is 4. The second kappa shape index (κ2) is 9.75. The molecule has 1 fully saturated rings. The van der Waals surface area contributed by atoms with Crippen LogP contribution in [-0.4, -0.2) is 67.8 Å². The van der Waals surface area contributed by atoms with Gasteiger partial charge < -0.3 is 19.5 Å². The van der Waals surface area contributed by atoms with Crippen LogP contribution in [0.5, 0.6) is 0 Å². The Morgan fingerprint density at radius 1 is 1.18 bits per heavy atom. The van der Waals surface area contributed by atoms with E-state index in [1.54, 1.807) is 11.1 Å². The smallest absolute Gasteiger partial charge is 0.410 e. The summed E-state index contributed by atoms with van der Waals surface area (Å²) in [6, 6.07) is 13.6. The number of nitrogens with zero attached hydrogens (tertiary/aromatic N) is 4. The van der Waals surface area contributed by atoms with Gasteiger partial charge in [0.2, 0.25) is 0 Å². The van der Waals surface area contributed by atoms with E-state index in [4.69, 9.17) is 4.74 Å². The molecule has 8 nitrogen and oxygen atoms in total. The van der Waals surface area contributed by atoms with E-state index in [0.717, 1.165) is 29.8 Å². The van der Waals surface area contributed by atoms with Gasteiger partial charge in [0.15, 0.2) is 0 Å². The Hall–Kier alpha value is -3.55. The molecule has 4 rings (SSSR count). The van der Waals surface area contributed by atoms with Crippen molar-refractivity contribution in [3.05, 3.63) is 60.6 Å². The minimum Gasteiger partial charge on any atom is -0.444 e. The van der Waals surface area contributed by atoms with E-state index >= 15 is 0 Å². The lowest BCUT2D eigenvalue weighted by Gasteiger charge is -2.29. The first-order valence-electron chi connectivity index (χ1n) is 11.8. The highest BCUT2D eigenvalue weighted by Gasteiger charge is 2.35. The van der Waals surface area contributed by atoms with Crippen LogP contribution in [0, 0.1) is 0 Å². The van der Waals surface area contributed by atoms with Crippen molar-refractivity contribution in [3.63, 3.8) is 0 Å². The lowest BCUT2D eigenvalue weighted by Crippen LogP contribution is -2.44. The third kappa shape index (κ3) is 5.32. The van der Waals surface area contributed by atoms with E-state index in [1.165, 1.54) is 0 Å². The van der Waals surface area contributed by atoms with Crippen LogP contribution < -0.4 is 0 Å². The Morgan fingerprint density at radius 2 is 1.94 bits per heavy atom. The maximum absolute atomic E-state index is 13.4. The standard InChI is InChI=1S/C26H33N5O3/c1-5-14-30(21-13-15-29(18-21)25(33)34-26(2,3)4)24(32)23-12-11-22(28-23)19-16-27-31(17-19)20-9-7-6-8-10-20/h6-12,16-17,21,28H,5,13-15,18H2,1-4H3/t21-/m1/s1. The molecule has 1 aromatic carbocycles. The Morgan fingerprint density at radius 3 is 2.65 bits per heavy atom. The summed E-state index contributed by atoms with van der Waals surface area (Å²) in [5.41, 5.74) is 2.71. The van der Waals surface area contributed by atoms with Crippen LogP contribution in [0.2, 0.25) is 0 Å². The van der Waals surface area contributed by atoms with E-state index in [2.05, 4.69) is 17.0 Å². The van der Waals surface area contributed by atoms with Gasteiger partial charge in [-0.2, -0.15) is 5.10 Å². The van der Waals surface area contributed by atoms with E-state index in [9.17, 15) is 9.59 Å². The zero-order valence-electron chi connectivity index (χ0n) is 20.3. The summed E-state index contributed by atoms with van der Waals surface area (Å²) in [6.45, 7) is 9.33. The number of rotatable bonds is 6. The molecule has 1 aliphatic rings. The minimum absolute atomic E-state index is 0.0347. The van der Waals surface area contributed by atoms with Crippen molar-refractivity contribution < 1.29 is 14.3 Å². The fourth-order valence-electron chi connectivity index (χ4n) is 4.21. The summed E-state index contributed by atoms with van der Waals surface area (Å²) in [7, 11) is 0. The van der Waals surface area contributed by atoms with Crippen molar-refractivity contribution in [2.45, 2.75) is 52.2 Å². The Balaban J connectivity index is 1.46. The molecule has 1 N–H and O–H groups in total. The molecule has 2 aromatic heterocycles. The molecule has 0 spiro atoms. The van der Waals surface area contributed by atoms with Crippen LogP contribution >= 0.6 is 0 Å². The molecule has 3 aromatic rings. The van der Waals surface area contributed by atoms with Gasteiger partial charge in [-0.15, -0.1) is 0 Å². The van der Waals surface area contributed by atoms with Gasteiger partial charge in [0.25, 0.3) is 5.91 Å². The first kappa shape index (κ1) is 23.6. The summed E-state index contributed by atoms with van der Waals surface area (Å²) in [5.74, 6) is -0.0559. The maximum Gasteiger partial charge on any atom is 0.410 e. The third-order valence-corrected chi connectivity index (χ3v) is 5.81. The van der Waals surface area contributed by atoms with Crippen molar-refractivity contribution in [1.29, 1.82) is 0 Å². The van der Waals surface area contributed by atoms with Gasteiger partial charge in [0, 0.05) is 37.1 Å². The number of hydrogen-bond donors (Lipinski definition) is 1. The van der Waals surface area contributed by atoms with E-state index in [-0.39, 0.29) is 18.0 Å². The van der Waals surface area contributed by atoms with Gasteiger partial charge in [-0.05, 0) is 57.9 Å². The average molecular weight is 464 g/mol. The average Bonchev–Trinajstić information content (AvgIpc) is 3.56. The molecule has 0 aliphatic carbocycles. The highest BCUT2D eigenvalue weighted by Crippen LogP contribution is 2.24. The number of nitrogens with one attached hydrogen (secondary N) is 1. The van der Waals surface area contributed by atoms with Gasteiger partial charge >= 0.3 is 6.09 Å². The van der Waals surface area contributed by atoms with Gasteiger partial charge in [-0.3, -0.25) is 4.79 Å². The second-order valence-electron chi connectivity index (χ2n) is 9.66. The SMILES string of the molecule is CCCN(C(=O)c1ccc(-c2cnn(-c3ccccc3)c2)[nH]1)[C@@H]1CCN(C(=O)OC(C)(C)C)C1. The molecule has 180 valence electrons. The van der Waals surface area contributed by atoms with Crippen LogP contribution in [-0.2, 0) is 4.74 Å². The molecule has 8 heteroatoms. The number of benzene rings is 1. The van der Waals surface area contributed by atoms with E-state index < -0.39 is 5.60 Å². The van der Waals surface area contributed by atoms with Crippen LogP contribution in [0.15, 0.2) is 54.9 Å². The van der Waals surface area contributed by atoms with Gasteiger partial charge in [-0.25, -0.2) is 9.48 Å². The Labute approximate surface area is 200 Å². The normalized spacial score (nSPS) is 16.0. The molecule has 0 radical (unpaired) electrons. The first-order valence-corrected chi connectivity index (χ1v) is 11.8. The molecule has 1 saturated heterocycles. The highest BCUT2D eigenvalue weighted by molar-refractivity contribution is 5.93. The summed E-state index contributed by atoms with van der Waals surface area (Å²) in [6.07, 6.45) is 4.98. The molecule has 34 heavy (non-hydrogen) atoms. The van der Waals surface area contributed by atoms with Crippen LogP contribution in [0.25, 0.3) is 16.9 Å². The van der Waals surface area contributed by atoms with Crippen LogP contribution in [0.3, 0.4) is 0 Å². The topological polar surface area (TPSA) is 83.5 Å². The molecular weight excluding hydrogens is 430 g/mol. The lowest BCUT2D eigenvalue weighted by molar-refractivity contribution is 0.0275. The number of likely N-dealkylation sites (tertiary alicyclic amines) is 1. The Kier molecular flexibility index (Phi) is 6.77. The predicted molar refractivity (Wildman–Crippen MR) is 131 cm³/mol. The predicted octanol–water partition coefficient (Wildman–Crippen LogP) is 4.73. The third-order valence-electron chi connectivity index (χ3n) is 5.81. The quantitative estimate of drug-likeness (QED) is 0.573. The maximum atomic E-state index is 13.4. The summed E-state index contributed by atoms with van der Waals surface area (Å²) < 4.78 is 7.32. The number of H-pyrrole nitrogens is 1. The zero-order valence-corrected chi connectivity index (χ0v) is 20.3. The van der Waals surface area contributed by atoms with Gasteiger partial charge in [0.1, 0.15) is 11.3 Å². The number of aromatic amines is 1. The first-order chi connectivity index (χ1) is 16.2. The number of ether oxygens (including phenoxy) is 1. The molecule has 0 unspecified atom stereocenters. The van der Waals surface area contributed by atoms with E-state index in [1.807, 2.05) is 79.0 Å². The fourth-order valence-corrected chi connectivity index (χ4v) is 4.21. The molecule has 3 heterocycles. The summed E-state index contributed by atoms with van der Waals surface area (Å²) in [4.78, 5) is 32.8. The number of aromatic nitrogens is 3. The molecule has 2 amide bonds. The van der Waals surface area contributed by atoms with Crippen molar-refractivity contribution in [2.75, 3.05) is 19.6 Å². The van der Waals surface area contributed by atoms with Gasteiger partial charge in [0.05, 0.1) is 17.9 Å². The van der Waals surface area contributed by atoms with E-state index in [0.29, 0.717) is 25.3 Å². The van der Waals surface area contributed by atoms with Crippen LogP contribution in [0.1, 0.15) is 51.0 Å². The number of carbonyl (C=O) groups excluding carboxylic acids is 2.